The Labute approximate surface area is 77.3 Å². The van der Waals surface area contributed by atoms with Crippen LogP contribution >= 0.6 is 0 Å². The topological polar surface area (TPSA) is 18.5 Å². The molecule has 0 aliphatic carbocycles. The van der Waals surface area contributed by atoms with Crippen LogP contribution in [0.15, 0.2) is 18.2 Å². The smallest absolute Gasteiger partial charge is 0.168 e. The first-order valence-electron chi connectivity index (χ1n) is 4.24. The zero-order valence-electron chi connectivity index (χ0n) is 7.84. The van der Waals surface area contributed by atoms with Crippen LogP contribution in [0.3, 0.4) is 0 Å². The van der Waals surface area contributed by atoms with Crippen LogP contribution in [-0.2, 0) is 0 Å². The second-order valence-electron chi connectivity index (χ2n) is 2.64. The van der Waals surface area contributed by atoms with Gasteiger partial charge < -0.3 is 9.47 Å². The van der Waals surface area contributed by atoms with E-state index in [9.17, 15) is 4.39 Å². The fourth-order valence-electron chi connectivity index (χ4n) is 0.957. The Bertz CT molecular complexity index is 274. The van der Waals surface area contributed by atoms with Crippen LogP contribution in [0, 0.1) is 5.82 Å². The van der Waals surface area contributed by atoms with Gasteiger partial charge in [0, 0.05) is 6.07 Å². The summed E-state index contributed by atoms with van der Waals surface area (Å²) in [6.45, 7) is 2.60. The van der Waals surface area contributed by atoms with E-state index in [2.05, 4.69) is 0 Å². The van der Waals surface area contributed by atoms with Gasteiger partial charge in [-0.3, -0.25) is 0 Å². The molecule has 0 bridgehead atoms. The van der Waals surface area contributed by atoms with Crippen LogP contribution < -0.4 is 9.47 Å². The SMILES string of the molecule is CCCOc1ccc(OC)c(F)c1. The fraction of sp³-hybridized carbons (Fsp3) is 0.400. The standard InChI is InChI=1S/C10H13FO2/c1-3-6-13-8-4-5-10(12-2)9(11)7-8/h4-5,7H,3,6H2,1-2H3. The molecule has 0 N–H and O–H groups in total. The van der Waals surface area contributed by atoms with Crippen LogP contribution in [-0.4, -0.2) is 13.7 Å². The number of halogens is 1. The third-order valence-electron chi connectivity index (χ3n) is 1.60. The minimum absolute atomic E-state index is 0.240. The lowest BCUT2D eigenvalue weighted by molar-refractivity contribution is 0.313. The first-order chi connectivity index (χ1) is 6.27. The van der Waals surface area contributed by atoms with Gasteiger partial charge in [-0.25, -0.2) is 4.39 Å². The van der Waals surface area contributed by atoms with Crippen molar-refractivity contribution in [2.24, 2.45) is 0 Å². The van der Waals surface area contributed by atoms with Gasteiger partial charge in [0.2, 0.25) is 0 Å². The largest absolute Gasteiger partial charge is 0.494 e. The van der Waals surface area contributed by atoms with Gasteiger partial charge in [-0.2, -0.15) is 0 Å². The highest BCUT2D eigenvalue weighted by molar-refractivity contribution is 5.32. The van der Waals surface area contributed by atoms with Crippen LogP contribution in [0.25, 0.3) is 0 Å². The molecule has 1 aromatic carbocycles. The summed E-state index contributed by atoms with van der Waals surface area (Å²) >= 11 is 0. The first-order valence-corrected chi connectivity index (χ1v) is 4.24. The number of methoxy groups -OCH3 is 1. The molecular formula is C10H13FO2. The lowest BCUT2D eigenvalue weighted by atomic mass is 10.3. The number of ether oxygens (including phenoxy) is 2. The highest BCUT2D eigenvalue weighted by Crippen LogP contribution is 2.22. The van der Waals surface area contributed by atoms with E-state index in [-0.39, 0.29) is 5.75 Å². The average Bonchev–Trinajstić information content (AvgIpc) is 2.15. The van der Waals surface area contributed by atoms with Gasteiger partial charge in [0.15, 0.2) is 11.6 Å². The summed E-state index contributed by atoms with van der Waals surface area (Å²) in [5, 5.41) is 0. The summed E-state index contributed by atoms with van der Waals surface area (Å²) in [7, 11) is 1.44. The molecule has 0 aliphatic rings. The second-order valence-corrected chi connectivity index (χ2v) is 2.64. The molecule has 1 rings (SSSR count). The van der Waals surface area contributed by atoms with Gasteiger partial charge in [-0.1, -0.05) is 6.92 Å². The van der Waals surface area contributed by atoms with E-state index in [0.29, 0.717) is 12.4 Å². The maximum Gasteiger partial charge on any atom is 0.168 e. The second kappa shape index (κ2) is 4.70. The fourth-order valence-corrected chi connectivity index (χ4v) is 0.957. The third kappa shape index (κ3) is 2.61. The van der Waals surface area contributed by atoms with Crippen molar-refractivity contribution in [2.45, 2.75) is 13.3 Å². The van der Waals surface area contributed by atoms with E-state index in [4.69, 9.17) is 9.47 Å². The molecule has 3 heteroatoms. The average molecular weight is 184 g/mol. The number of hydrogen-bond donors (Lipinski definition) is 0. The van der Waals surface area contributed by atoms with Crippen LogP contribution in [0.1, 0.15) is 13.3 Å². The quantitative estimate of drug-likeness (QED) is 0.716. The molecule has 72 valence electrons. The maximum atomic E-state index is 13.1. The Morgan fingerprint density at radius 3 is 2.69 bits per heavy atom. The monoisotopic (exact) mass is 184 g/mol. The minimum atomic E-state index is -0.392. The zero-order valence-corrected chi connectivity index (χ0v) is 7.84. The Morgan fingerprint density at radius 1 is 1.38 bits per heavy atom. The van der Waals surface area contributed by atoms with E-state index in [1.165, 1.54) is 13.2 Å². The van der Waals surface area contributed by atoms with Gasteiger partial charge in [0.25, 0.3) is 0 Å². The molecule has 0 aliphatic heterocycles. The summed E-state index contributed by atoms with van der Waals surface area (Å²) in [5.41, 5.74) is 0. The van der Waals surface area contributed by atoms with Crippen LogP contribution in [0.2, 0.25) is 0 Å². The molecule has 0 amide bonds. The lowest BCUT2D eigenvalue weighted by Crippen LogP contribution is -1.96. The number of benzene rings is 1. The molecule has 0 spiro atoms. The summed E-state index contributed by atoms with van der Waals surface area (Å²) in [6, 6.07) is 4.58. The van der Waals surface area contributed by atoms with Crippen molar-refractivity contribution in [2.75, 3.05) is 13.7 Å². The van der Waals surface area contributed by atoms with Crippen LogP contribution in [0.5, 0.6) is 11.5 Å². The summed E-state index contributed by atoms with van der Waals surface area (Å²) in [5.74, 6) is 0.389. The van der Waals surface area contributed by atoms with Gasteiger partial charge in [0.1, 0.15) is 5.75 Å². The number of hydrogen-bond acceptors (Lipinski definition) is 2. The van der Waals surface area contributed by atoms with Gasteiger partial charge in [0.05, 0.1) is 13.7 Å². The summed E-state index contributed by atoms with van der Waals surface area (Å²) in [6.07, 6.45) is 0.910. The zero-order chi connectivity index (χ0) is 9.68. The van der Waals surface area contributed by atoms with Crippen molar-refractivity contribution in [3.8, 4) is 11.5 Å². The van der Waals surface area contributed by atoms with Crippen molar-refractivity contribution in [3.05, 3.63) is 24.0 Å². The highest BCUT2D eigenvalue weighted by atomic mass is 19.1. The van der Waals surface area contributed by atoms with Crippen molar-refractivity contribution in [1.29, 1.82) is 0 Å². The molecular weight excluding hydrogens is 171 g/mol. The van der Waals surface area contributed by atoms with E-state index in [0.717, 1.165) is 6.42 Å². The predicted molar refractivity (Wildman–Crippen MR) is 48.7 cm³/mol. The molecule has 0 fully saturated rings. The molecule has 0 radical (unpaired) electrons. The Kier molecular flexibility index (Phi) is 3.55. The molecule has 0 unspecified atom stereocenters. The highest BCUT2D eigenvalue weighted by Gasteiger charge is 2.03. The molecule has 13 heavy (non-hydrogen) atoms. The van der Waals surface area contributed by atoms with Gasteiger partial charge in [-0.15, -0.1) is 0 Å². The molecule has 0 aromatic heterocycles. The normalized spacial score (nSPS) is 9.77. The molecule has 0 saturated carbocycles. The van der Waals surface area contributed by atoms with Gasteiger partial charge in [-0.05, 0) is 18.6 Å². The molecule has 0 saturated heterocycles. The van der Waals surface area contributed by atoms with E-state index in [1.807, 2.05) is 6.92 Å². The van der Waals surface area contributed by atoms with Gasteiger partial charge >= 0.3 is 0 Å². The molecule has 1 aromatic rings. The Balaban J connectivity index is 2.71. The number of rotatable bonds is 4. The maximum absolute atomic E-state index is 13.1. The van der Waals surface area contributed by atoms with Crippen molar-refractivity contribution in [1.82, 2.24) is 0 Å². The minimum Gasteiger partial charge on any atom is -0.494 e. The van der Waals surface area contributed by atoms with Crippen molar-refractivity contribution < 1.29 is 13.9 Å². The predicted octanol–water partition coefficient (Wildman–Crippen LogP) is 2.62. The third-order valence-corrected chi connectivity index (χ3v) is 1.60. The summed E-state index contributed by atoms with van der Waals surface area (Å²) < 4.78 is 23.1. The van der Waals surface area contributed by atoms with E-state index < -0.39 is 5.82 Å². The Hall–Kier alpha value is -1.25. The Morgan fingerprint density at radius 2 is 2.15 bits per heavy atom. The van der Waals surface area contributed by atoms with E-state index >= 15 is 0 Å². The van der Waals surface area contributed by atoms with E-state index in [1.54, 1.807) is 12.1 Å². The molecule has 0 heterocycles. The van der Waals surface area contributed by atoms with Crippen LogP contribution in [0.4, 0.5) is 4.39 Å². The molecule has 0 atom stereocenters. The molecule has 2 nitrogen and oxygen atoms in total. The van der Waals surface area contributed by atoms with Crippen molar-refractivity contribution >= 4 is 0 Å². The lowest BCUT2D eigenvalue weighted by Gasteiger charge is -2.06. The first kappa shape index (κ1) is 9.84. The summed E-state index contributed by atoms with van der Waals surface area (Å²) in [4.78, 5) is 0. The van der Waals surface area contributed by atoms with Crippen molar-refractivity contribution in [3.63, 3.8) is 0 Å².